The van der Waals surface area contributed by atoms with Crippen molar-refractivity contribution in [1.82, 2.24) is 4.90 Å². The van der Waals surface area contributed by atoms with Crippen LogP contribution in [0.2, 0.25) is 0 Å². The lowest BCUT2D eigenvalue weighted by molar-refractivity contribution is 0.158. The fourth-order valence-electron chi connectivity index (χ4n) is 0.698. The van der Waals surface area contributed by atoms with Gasteiger partial charge in [0, 0.05) is 13.7 Å². The molecule has 0 aliphatic carbocycles. The molecule has 0 aliphatic heterocycles. The Labute approximate surface area is 63.2 Å². The van der Waals surface area contributed by atoms with E-state index in [-0.39, 0.29) is 0 Å². The van der Waals surface area contributed by atoms with Crippen LogP contribution < -0.4 is 0 Å². The molecule has 10 heavy (non-hydrogen) atoms. The molecule has 0 aromatic carbocycles. The number of likely N-dealkylation sites (N-methyl/N-ethyl adjacent to an activating group) is 1. The molecule has 0 amide bonds. The van der Waals surface area contributed by atoms with Crippen LogP contribution in [0.5, 0.6) is 0 Å². The van der Waals surface area contributed by atoms with E-state index in [2.05, 4.69) is 17.7 Å². The van der Waals surface area contributed by atoms with E-state index in [1.807, 2.05) is 0 Å². The van der Waals surface area contributed by atoms with E-state index in [1.165, 1.54) is 0 Å². The highest BCUT2D eigenvalue weighted by Gasteiger charge is 1.96. The van der Waals surface area contributed by atoms with Gasteiger partial charge in [-0.3, -0.25) is 4.90 Å². The van der Waals surface area contributed by atoms with Gasteiger partial charge in [0.15, 0.2) is 0 Å². The second-order valence-electron chi connectivity index (χ2n) is 2.07. The molecule has 0 radical (unpaired) electrons. The molecule has 58 valence electrons. The Bertz CT molecular complexity index is 106. The summed E-state index contributed by atoms with van der Waals surface area (Å²) in [6.45, 7) is 5.49. The van der Waals surface area contributed by atoms with Crippen molar-refractivity contribution in [2.24, 2.45) is 0 Å². The van der Waals surface area contributed by atoms with Gasteiger partial charge in [0.25, 0.3) is 0 Å². The van der Waals surface area contributed by atoms with Gasteiger partial charge < -0.3 is 4.74 Å². The largest absolute Gasteiger partial charge is 0.383 e. The first-order valence-electron chi connectivity index (χ1n) is 3.49. The molecule has 0 N–H and O–H groups in total. The average molecular weight is 141 g/mol. The fraction of sp³-hybridized carbons (Fsp3) is 0.750. The minimum atomic E-state index is 0.722. The van der Waals surface area contributed by atoms with Crippen LogP contribution >= 0.6 is 0 Å². The Kier molecular flexibility index (Phi) is 6.25. The summed E-state index contributed by atoms with van der Waals surface area (Å²) in [5.74, 6) is 2.60. The molecule has 0 unspecified atom stereocenters. The van der Waals surface area contributed by atoms with Crippen molar-refractivity contribution in [3.8, 4) is 12.3 Å². The maximum atomic E-state index is 5.14. The highest BCUT2D eigenvalue weighted by Crippen LogP contribution is 1.84. The highest BCUT2D eigenvalue weighted by molar-refractivity contribution is 4.87. The zero-order valence-electron chi connectivity index (χ0n) is 6.76. The van der Waals surface area contributed by atoms with Gasteiger partial charge in [-0.1, -0.05) is 12.8 Å². The van der Waals surface area contributed by atoms with Crippen molar-refractivity contribution in [2.45, 2.75) is 6.92 Å². The number of nitrogens with zero attached hydrogens (tertiary/aromatic N) is 1. The minimum absolute atomic E-state index is 0.722. The summed E-state index contributed by atoms with van der Waals surface area (Å²) in [6, 6.07) is 0. The minimum Gasteiger partial charge on any atom is -0.383 e. The van der Waals surface area contributed by atoms with E-state index < -0.39 is 0 Å². The van der Waals surface area contributed by atoms with E-state index in [0.717, 1.165) is 26.2 Å². The summed E-state index contributed by atoms with van der Waals surface area (Å²) in [6.07, 6.45) is 5.14. The van der Waals surface area contributed by atoms with Crippen LogP contribution in [0.25, 0.3) is 0 Å². The molecule has 0 aromatic heterocycles. The van der Waals surface area contributed by atoms with Crippen molar-refractivity contribution in [3.63, 3.8) is 0 Å². The summed E-state index contributed by atoms with van der Waals surface area (Å²) >= 11 is 0. The van der Waals surface area contributed by atoms with Crippen LogP contribution in [-0.2, 0) is 4.74 Å². The third kappa shape index (κ3) is 4.37. The zero-order chi connectivity index (χ0) is 7.82. The van der Waals surface area contributed by atoms with Crippen LogP contribution in [-0.4, -0.2) is 38.3 Å². The van der Waals surface area contributed by atoms with Crippen LogP contribution in [0, 0.1) is 12.3 Å². The summed E-state index contributed by atoms with van der Waals surface area (Å²) < 4.78 is 4.91. The third-order valence-electron chi connectivity index (χ3n) is 1.37. The van der Waals surface area contributed by atoms with Gasteiger partial charge in [-0.15, -0.1) is 6.42 Å². The zero-order valence-corrected chi connectivity index (χ0v) is 6.76. The van der Waals surface area contributed by atoms with Gasteiger partial charge >= 0.3 is 0 Å². The van der Waals surface area contributed by atoms with Crippen molar-refractivity contribution < 1.29 is 4.74 Å². The Morgan fingerprint density at radius 3 is 2.70 bits per heavy atom. The van der Waals surface area contributed by atoms with Gasteiger partial charge in [-0.25, -0.2) is 0 Å². The molecule has 0 saturated carbocycles. The van der Waals surface area contributed by atoms with E-state index in [4.69, 9.17) is 11.2 Å². The summed E-state index contributed by atoms with van der Waals surface area (Å²) in [5, 5.41) is 0. The molecule has 0 fully saturated rings. The van der Waals surface area contributed by atoms with Crippen LogP contribution in [0.4, 0.5) is 0 Å². The lowest BCUT2D eigenvalue weighted by atomic mass is 10.5. The monoisotopic (exact) mass is 141 g/mol. The van der Waals surface area contributed by atoms with Crippen molar-refractivity contribution >= 4 is 0 Å². The van der Waals surface area contributed by atoms with Crippen LogP contribution in [0.3, 0.4) is 0 Å². The first-order chi connectivity index (χ1) is 4.85. The summed E-state index contributed by atoms with van der Waals surface area (Å²) in [7, 11) is 1.70. The standard InChI is InChI=1S/C8H15NO/c1-4-6-9(5-2)7-8-10-3/h1H,5-8H2,2-3H3. The maximum Gasteiger partial charge on any atom is 0.0599 e. The second kappa shape index (κ2) is 6.60. The quantitative estimate of drug-likeness (QED) is 0.519. The fourth-order valence-corrected chi connectivity index (χ4v) is 0.698. The van der Waals surface area contributed by atoms with Crippen LogP contribution in [0.1, 0.15) is 6.92 Å². The first-order valence-corrected chi connectivity index (χ1v) is 3.49. The van der Waals surface area contributed by atoms with Crippen molar-refractivity contribution in [2.75, 3.05) is 33.4 Å². The topological polar surface area (TPSA) is 12.5 Å². The normalized spacial score (nSPS) is 9.80. The highest BCUT2D eigenvalue weighted by atomic mass is 16.5. The molecule has 2 nitrogen and oxygen atoms in total. The van der Waals surface area contributed by atoms with Crippen molar-refractivity contribution in [3.05, 3.63) is 0 Å². The Balaban J connectivity index is 3.32. The molecule has 0 aliphatic rings. The predicted molar refractivity (Wildman–Crippen MR) is 42.8 cm³/mol. The second-order valence-corrected chi connectivity index (χ2v) is 2.07. The lowest BCUT2D eigenvalue weighted by Crippen LogP contribution is -2.27. The number of terminal acetylenes is 1. The van der Waals surface area contributed by atoms with Gasteiger partial charge in [-0.05, 0) is 6.54 Å². The number of ether oxygens (including phenoxy) is 1. The molecule has 0 spiro atoms. The number of hydrogen-bond donors (Lipinski definition) is 0. The Morgan fingerprint density at radius 2 is 2.30 bits per heavy atom. The number of rotatable bonds is 5. The number of methoxy groups -OCH3 is 1. The Hall–Kier alpha value is -0.520. The van der Waals surface area contributed by atoms with Gasteiger partial charge in [0.1, 0.15) is 0 Å². The molecule has 0 bridgehead atoms. The smallest absolute Gasteiger partial charge is 0.0599 e. The molecular formula is C8H15NO. The SMILES string of the molecule is C#CCN(CC)CCOC. The predicted octanol–water partition coefficient (Wildman–Crippen LogP) is 0.588. The average Bonchev–Trinajstić information content (AvgIpc) is 1.98. The van der Waals surface area contributed by atoms with Crippen molar-refractivity contribution in [1.29, 1.82) is 0 Å². The first kappa shape index (κ1) is 9.48. The van der Waals surface area contributed by atoms with E-state index in [1.54, 1.807) is 7.11 Å². The Morgan fingerprint density at radius 1 is 1.60 bits per heavy atom. The van der Waals surface area contributed by atoms with Gasteiger partial charge in [0.05, 0.1) is 13.2 Å². The van der Waals surface area contributed by atoms with Gasteiger partial charge in [-0.2, -0.15) is 0 Å². The molecule has 2 heteroatoms. The van der Waals surface area contributed by atoms with E-state index in [9.17, 15) is 0 Å². The summed E-state index contributed by atoms with van der Waals surface area (Å²) in [5.41, 5.74) is 0. The molecule has 0 rings (SSSR count). The molecule has 0 heterocycles. The lowest BCUT2D eigenvalue weighted by Gasteiger charge is -2.15. The third-order valence-corrected chi connectivity index (χ3v) is 1.37. The molecular weight excluding hydrogens is 126 g/mol. The van der Waals surface area contributed by atoms with Crippen LogP contribution in [0.15, 0.2) is 0 Å². The molecule has 0 saturated heterocycles. The number of hydrogen-bond acceptors (Lipinski definition) is 2. The molecule has 0 atom stereocenters. The maximum absolute atomic E-state index is 5.14. The summed E-state index contributed by atoms with van der Waals surface area (Å²) in [4.78, 5) is 2.16. The van der Waals surface area contributed by atoms with E-state index in [0.29, 0.717) is 0 Å². The molecule has 0 aromatic rings. The van der Waals surface area contributed by atoms with Gasteiger partial charge in [0.2, 0.25) is 0 Å². The van der Waals surface area contributed by atoms with E-state index >= 15 is 0 Å².